The first-order chi connectivity index (χ1) is 5.18. The number of nitrogens with zero attached hydrogens (tertiary/aromatic N) is 2. The van der Waals surface area contributed by atoms with E-state index in [1.54, 1.807) is 6.20 Å². The van der Waals surface area contributed by atoms with Gasteiger partial charge in [0.15, 0.2) is 0 Å². The van der Waals surface area contributed by atoms with Crippen LogP contribution in [0.5, 0.6) is 0 Å². The summed E-state index contributed by atoms with van der Waals surface area (Å²) in [5, 5.41) is 0. The Kier molecular flexibility index (Phi) is 4.62. The average molecular weight is 188 g/mol. The molecule has 1 aromatic heterocycles. The van der Waals surface area contributed by atoms with Crippen molar-refractivity contribution in [3.05, 3.63) is 23.9 Å². The van der Waals surface area contributed by atoms with E-state index in [0.717, 1.165) is 6.54 Å². The highest BCUT2D eigenvalue weighted by Gasteiger charge is 1.93. The van der Waals surface area contributed by atoms with Crippen LogP contribution in [0.4, 0.5) is 5.82 Å². The molecule has 0 saturated carbocycles. The van der Waals surface area contributed by atoms with Gasteiger partial charge in [-0.25, -0.2) is 4.98 Å². The molecule has 0 aromatic carbocycles. The Bertz CT molecular complexity index is 220. The lowest BCUT2D eigenvalue weighted by atomic mass is 10.3. The maximum absolute atomic E-state index is 5.43. The highest BCUT2D eigenvalue weighted by atomic mass is 35.5. The van der Waals surface area contributed by atoms with Gasteiger partial charge in [-0.05, 0) is 25.7 Å². The van der Waals surface area contributed by atoms with Crippen molar-refractivity contribution in [2.75, 3.05) is 19.8 Å². The largest absolute Gasteiger partial charge is 0.384 e. The van der Waals surface area contributed by atoms with Crippen LogP contribution in [0.15, 0.2) is 18.3 Å². The monoisotopic (exact) mass is 187 g/mol. The van der Waals surface area contributed by atoms with E-state index in [2.05, 4.69) is 9.88 Å². The Morgan fingerprint density at radius 2 is 2.08 bits per heavy atom. The van der Waals surface area contributed by atoms with Crippen molar-refractivity contribution in [2.24, 2.45) is 0 Å². The van der Waals surface area contributed by atoms with E-state index in [1.165, 1.54) is 5.56 Å². The summed E-state index contributed by atoms with van der Waals surface area (Å²) in [5.41, 5.74) is 6.62. The van der Waals surface area contributed by atoms with E-state index in [1.807, 2.05) is 26.2 Å². The molecule has 0 unspecified atom stereocenters. The van der Waals surface area contributed by atoms with Crippen molar-refractivity contribution >= 4 is 18.2 Å². The van der Waals surface area contributed by atoms with Gasteiger partial charge in [-0.3, -0.25) is 0 Å². The molecule has 2 N–H and O–H groups in total. The molecule has 1 rings (SSSR count). The fourth-order valence-corrected chi connectivity index (χ4v) is 0.895. The first kappa shape index (κ1) is 11.2. The fraction of sp³-hybridized carbons (Fsp3) is 0.375. The summed E-state index contributed by atoms with van der Waals surface area (Å²) in [6.45, 7) is 0.910. The summed E-state index contributed by atoms with van der Waals surface area (Å²) < 4.78 is 0. The predicted molar refractivity (Wildman–Crippen MR) is 53.3 cm³/mol. The van der Waals surface area contributed by atoms with E-state index < -0.39 is 0 Å². The zero-order valence-corrected chi connectivity index (χ0v) is 8.14. The van der Waals surface area contributed by atoms with Crippen molar-refractivity contribution in [2.45, 2.75) is 6.54 Å². The van der Waals surface area contributed by atoms with Crippen LogP contribution < -0.4 is 5.73 Å². The number of anilines is 1. The lowest BCUT2D eigenvalue weighted by Crippen LogP contribution is -2.10. The normalized spacial score (nSPS) is 9.58. The summed E-state index contributed by atoms with van der Waals surface area (Å²) in [4.78, 5) is 6.07. The van der Waals surface area contributed by atoms with Gasteiger partial charge < -0.3 is 10.6 Å². The average Bonchev–Trinajstić information content (AvgIpc) is 1.93. The minimum atomic E-state index is 0. The third kappa shape index (κ3) is 3.55. The standard InChI is InChI=1S/C8H13N3.ClH/c1-11(2)6-7-3-4-8(9)10-5-7;/h3-5H,6H2,1-2H3,(H2,9,10);1H. The Morgan fingerprint density at radius 3 is 2.50 bits per heavy atom. The van der Waals surface area contributed by atoms with Crippen LogP contribution >= 0.6 is 12.4 Å². The van der Waals surface area contributed by atoms with E-state index in [9.17, 15) is 0 Å². The Morgan fingerprint density at radius 1 is 1.42 bits per heavy atom. The highest BCUT2D eigenvalue weighted by molar-refractivity contribution is 5.85. The first-order valence-corrected chi connectivity index (χ1v) is 3.53. The third-order valence-corrected chi connectivity index (χ3v) is 1.35. The van der Waals surface area contributed by atoms with E-state index >= 15 is 0 Å². The molecule has 0 spiro atoms. The number of hydrogen-bond donors (Lipinski definition) is 1. The van der Waals surface area contributed by atoms with Crippen LogP contribution in [0.25, 0.3) is 0 Å². The molecule has 0 fully saturated rings. The van der Waals surface area contributed by atoms with Crippen molar-refractivity contribution in [1.82, 2.24) is 9.88 Å². The molecule has 0 saturated heterocycles. The second kappa shape index (κ2) is 4.95. The van der Waals surface area contributed by atoms with Gasteiger partial charge in [0.25, 0.3) is 0 Å². The van der Waals surface area contributed by atoms with Crippen molar-refractivity contribution in [3.63, 3.8) is 0 Å². The maximum atomic E-state index is 5.43. The van der Waals surface area contributed by atoms with Crippen LogP contribution in [0.2, 0.25) is 0 Å². The third-order valence-electron chi connectivity index (χ3n) is 1.35. The lowest BCUT2D eigenvalue weighted by molar-refractivity contribution is 0.402. The molecule has 3 nitrogen and oxygen atoms in total. The molecule has 0 atom stereocenters. The van der Waals surface area contributed by atoms with Crippen molar-refractivity contribution in [1.29, 1.82) is 0 Å². The van der Waals surface area contributed by atoms with Crippen LogP contribution in [0, 0.1) is 0 Å². The molecule has 0 aliphatic rings. The zero-order chi connectivity index (χ0) is 8.27. The van der Waals surface area contributed by atoms with Gasteiger partial charge in [-0.2, -0.15) is 0 Å². The number of rotatable bonds is 2. The molecule has 4 heteroatoms. The summed E-state index contributed by atoms with van der Waals surface area (Å²) in [6, 6.07) is 3.81. The molecule has 68 valence electrons. The molecule has 1 heterocycles. The summed E-state index contributed by atoms with van der Waals surface area (Å²) in [7, 11) is 4.05. The summed E-state index contributed by atoms with van der Waals surface area (Å²) in [6.07, 6.45) is 1.80. The molecule has 0 bridgehead atoms. The molecule has 0 radical (unpaired) electrons. The van der Waals surface area contributed by atoms with Crippen LogP contribution in [-0.4, -0.2) is 24.0 Å². The summed E-state index contributed by atoms with van der Waals surface area (Å²) in [5.74, 6) is 0.576. The number of pyridine rings is 1. The molecular weight excluding hydrogens is 174 g/mol. The molecule has 12 heavy (non-hydrogen) atoms. The van der Waals surface area contributed by atoms with Gasteiger partial charge in [0, 0.05) is 12.7 Å². The van der Waals surface area contributed by atoms with E-state index in [4.69, 9.17) is 5.73 Å². The molecule has 1 aromatic rings. The maximum Gasteiger partial charge on any atom is 0.123 e. The number of halogens is 1. The van der Waals surface area contributed by atoms with Crippen LogP contribution in [0.3, 0.4) is 0 Å². The lowest BCUT2D eigenvalue weighted by Gasteiger charge is -2.08. The number of nitrogen functional groups attached to an aromatic ring is 1. The van der Waals surface area contributed by atoms with Gasteiger partial charge in [0.1, 0.15) is 5.82 Å². The topological polar surface area (TPSA) is 42.1 Å². The number of aromatic nitrogens is 1. The smallest absolute Gasteiger partial charge is 0.123 e. The van der Waals surface area contributed by atoms with Gasteiger partial charge in [0.05, 0.1) is 0 Å². The van der Waals surface area contributed by atoms with Crippen LogP contribution in [-0.2, 0) is 6.54 Å². The first-order valence-electron chi connectivity index (χ1n) is 3.53. The van der Waals surface area contributed by atoms with E-state index in [-0.39, 0.29) is 12.4 Å². The second-order valence-electron chi connectivity index (χ2n) is 2.83. The number of hydrogen-bond acceptors (Lipinski definition) is 3. The van der Waals surface area contributed by atoms with Crippen molar-refractivity contribution in [3.8, 4) is 0 Å². The summed E-state index contributed by atoms with van der Waals surface area (Å²) >= 11 is 0. The number of nitrogens with two attached hydrogens (primary N) is 1. The Labute approximate surface area is 79.0 Å². The quantitative estimate of drug-likeness (QED) is 0.756. The van der Waals surface area contributed by atoms with Gasteiger partial charge in [0.2, 0.25) is 0 Å². The fourth-order valence-electron chi connectivity index (χ4n) is 0.895. The minimum Gasteiger partial charge on any atom is -0.384 e. The van der Waals surface area contributed by atoms with Gasteiger partial charge >= 0.3 is 0 Å². The van der Waals surface area contributed by atoms with E-state index in [0.29, 0.717) is 5.82 Å². The zero-order valence-electron chi connectivity index (χ0n) is 7.32. The van der Waals surface area contributed by atoms with Gasteiger partial charge in [-0.1, -0.05) is 6.07 Å². The second-order valence-corrected chi connectivity index (χ2v) is 2.83. The Hall–Kier alpha value is -0.800. The Balaban J connectivity index is 0.00000121. The molecule has 0 amide bonds. The van der Waals surface area contributed by atoms with Gasteiger partial charge in [-0.15, -0.1) is 12.4 Å². The molecule has 0 aliphatic carbocycles. The van der Waals surface area contributed by atoms with Crippen molar-refractivity contribution < 1.29 is 0 Å². The van der Waals surface area contributed by atoms with Crippen LogP contribution in [0.1, 0.15) is 5.56 Å². The SMILES string of the molecule is CN(C)Cc1ccc(N)nc1.Cl. The minimum absolute atomic E-state index is 0. The highest BCUT2D eigenvalue weighted by Crippen LogP contribution is 2.02. The molecular formula is C8H14ClN3. The molecule has 0 aliphatic heterocycles. The predicted octanol–water partition coefficient (Wildman–Crippen LogP) is 1.15.